The third-order valence-corrected chi connectivity index (χ3v) is 3.58. The monoisotopic (exact) mass is 339 g/mol. The molecule has 0 spiro atoms. The summed E-state index contributed by atoms with van der Waals surface area (Å²) in [5.41, 5.74) is 1.28. The fourth-order valence-electron chi connectivity index (χ4n) is 1.99. The Kier molecular flexibility index (Phi) is 4.00. The number of anilines is 1. The lowest BCUT2D eigenvalue weighted by atomic mass is 10.0. The number of benzene rings is 1. The Balaban J connectivity index is 1.67. The summed E-state index contributed by atoms with van der Waals surface area (Å²) in [5, 5.41) is 13.9. The second-order valence-corrected chi connectivity index (χ2v) is 5.54. The highest BCUT2D eigenvalue weighted by Gasteiger charge is 2.30. The van der Waals surface area contributed by atoms with Gasteiger partial charge < -0.3 is 4.84 Å². The molecule has 0 unspecified atom stereocenters. The second-order valence-electron chi connectivity index (χ2n) is 4.69. The number of aryl methyl sites for hydroxylation is 1. The maximum Gasteiger partial charge on any atom is 0.271 e. The lowest BCUT2D eigenvalue weighted by Crippen LogP contribution is -2.28. The minimum absolute atomic E-state index is 0.198. The Hall–Kier alpha value is -2.12. The molecule has 0 saturated heterocycles. The van der Waals surface area contributed by atoms with Crippen molar-refractivity contribution < 1.29 is 9.63 Å². The van der Waals surface area contributed by atoms with E-state index in [4.69, 9.17) is 28.0 Å². The van der Waals surface area contributed by atoms with Crippen molar-refractivity contribution in [3.05, 3.63) is 39.6 Å². The van der Waals surface area contributed by atoms with Crippen LogP contribution in [0.5, 0.6) is 0 Å². The van der Waals surface area contributed by atoms with Crippen LogP contribution in [-0.4, -0.2) is 32.9 Å². The second kappa shape index (κ2) is 5.94. The molecule has 1 amide bonds. The minimum Gasteiger partial charge on any atom is -0.382 e. The highest BCUT2D eigenvalue weighted by atomic mass is 35.5. The van der Waals surface area contributed by atoms with E-state index in [2.05, 4.69) is 25.7 Å². The standard InChI is InChI=1S/C13H11Cl2N5O2/c1-6-16-13(19-18-6)17-12(21)11-5-10(20-22-11)8-3-2-7(14)4-9(8)15/h2-4,11H,5H2,1H3,(H2,16,17,18,19,21)/t11-/m0/s1. The molecule has 2 N–H and O–H groups in total. The van der Waals surface area contributed by atoms with Crippen molar-refractivity contribution >= 4 is 40.8 Å². The number of carbonyl (C=O) groups is 1. The Bertz CT molecular complexity index is 759. The van der Waals surface area contributed by atoms with E-state index in [0.29, 0.717) is 33.6 Å². The van der Waals surface area contributed by atoms with E-state index in [0.717, 1.165) is 0 Å². The van der Waals surface area contributed by atoms with Crippen molar-refractivity contribution in [2.45, 2.75) is 19.4 Å². The fourth-order valence-corrected chi connectivity index (χ4v) is 2.51. The molecule has 1 aliphatic rings. The zero-order valence-corrected chi connectivity index (χ0v) is 12.9. The topological polar surface area (TPSA) is 92.3 Å². The molecule has 1 aromatic heterocycles. The van der Waals surface area contributed by atoms with Crippen molar-refractivity contribution in [2.75, 3.05) is 5.32 Å². The van der Waals surface area contributed by atoms with Crippen LogP contribution in [0, 0.1) is 6.92 Å². The number of aromatic amines is 1. The molecule has 7 nitrogen and oxygen atoms in total. The number of hydrogen-bond donors (Lipinski definition) is 2. The summed E-state index contributed by atoms with van der Waals surface area (Å²) in [7, 11) is 0. The van der Waals surface area contributed by atoms with Crippen LogP contribution in [0.4, 0.5) is 5.95 Å². The summed E-state index contributed by atoms with van der Waals surface area (Å²) in [6.45, 7) is 1.73. The first-order chi connectivity index (χ1) is 10.5. The van der Waals surface area contributed by atoms with E-state index in [1.54, 1.807) is 25.1 Å². The first-order valence-electron chi connectivity index (χ1n) is 6.41. The van der Waals surface area contributed by atoms with Gasteiger partial charge in [-0.25, -0.2) is 0 Å². The van der Waals surface area contributed by atoms with E-state index in [1.165, 1.54) is 0 Å². The summed E-state index contributed by atoms with van der Waals surface area (Å²) in [4.78, 5) is 21.2. The van der Waals surface area contributed by atoms with Gasteiger partial charge in [-0.3, -0.25) is 15.2 Å². The van der Waals surface area contributed by atoms with Crippen molar-refractivity contribution in [3.63, 3.8) is 0 Å². The van der Waals surface area contributed by atoms with Crippen molar-refractivity contribution in [1.29, 1.82) is 0 Å². The summed E-state index contributed by atoms with van der Waals surface area (Å²) in [6.07, 6.45) is -0.447. The molecule has 1 aliphatic heterocycles. The normalized spacial score (nSPS) is 17.0. The molecule has 3 rings (SSSR count). The average Bonchev–Trinajstić information content (AvgIpc) is 3.08. The van der Waals surface area contributed by atoms with E-state index in [1.807, 2.05) is 0 Å². The van der Waals surface area contributed by atoms with Gasteiger partial charge in [0, 0.05) is 17.0 Å². The SMILES string of the molecule is Cc1nc(NC(=O)[C@@H]2CC(c3ccc(Cl)cc3Cl)=NO2)n[nH]1. The van der Waals surface area contributed by atoms with Crippen molar-refractivity contribution in [3.8, 4) is 0 Å². The largest absolute Gasteiger partial charge is 0.382 e. The van der Waals surface area contributed by atoms with Gasteiger partial charge in [0.15, 0.2) is 0 Å². The number of oxime groups is 1. The smallest absolute Gasteiger partial charge is 0.271 e. The first kappa shape index (κ1) is 14.8. The number of H-pyrrole nitrogens is 1. The predicted molar refractivity (Wildman–Crippen MR) is 82.2 cm³/mol. The summed E-state index contributed by atoms with van der Waals surface area (Å²) < 4.78 is 0. The molecule has 9 heteroatoms. The van der Waals surface area contributed by atoms with Crippen molar-refractivity contribution in [1.82, 2.24) is 15.2 Å². The average molecular weight is 340 g/mol. The van der Waals surface area contributed by atoms with Gasteiger partial charge in [-0.15, -0.1) is 5.10 Å². The molecule has 0 radical (unpaired) electrons. The van der Waals surface area contributed by atoms with Crippen LogP contribution in [0.25, 0.3) is 0 Å². The Morgan fingerprint density at radius 2 is 2.27 bits per heavy atom. The number of nitrogens with zero attached hydrogens (tertiary/aromatic N) is 3. The van der Waals surface area contributed by atoms with Crippen LogP contribution in [0.15, 0.2) is 23.4 Å². The first-order valence-corrected chi connectivity index (χ1v) is 7.16. The summed E-state index contributed by atoms with van der Waals surface area (Å²) in [5.74, 6) is 0.430. The van der Waals surface area contributed by atoms with Crippen LogP contribution < -0.4 is 5.32 Å². The quantitative estimate of drug-likeness (QED) is 0.898. The van der Waals surface area contributed by atoms with Crippen LogP contribution in [0.1, 0.15) is 17.8 Å². The number of aromatic nitrogens is 3. The molecule has 0 saturated carbocycles. The number of rotatable bonds is 3. The number of nitrogens with one attached hydrogen (secondary N) is 2. The Labute approximate surface area is 135 Å². The van der Waals surface area contributed by atoms with Gasteiger partial charge >= 0.3 is 0 Å². The number of carbonyl (C=O) groups excluding carboxylic acids is 1. The Morgan fingerprint density at radius 1 is 1.45 bits per heavy atom. The number of halogens is 2. The van der Waals surface area contributed by atoms with Gasteiger partial charge in [0.2, 0.25) is 12.1 Å². The van der Waals surface area contributed by atoms with E-state index in [-0.39, 0.29) is 11.9 Å². The molecule has 114 valence electrons. The molecule has 1 aromatic carbocycles. The van der Waals surface area contributed by atoms with E-state index < -0.39 is 6.10 Å². The molecular weight excluding hydrogens is 329 g/mol. The fraction of sp³-hybridized carbons (Fsp3) is 0.231. The summed E-state index contributed by atoms with van der Waals surface area (Å²) >= 11 is 12.0. The molecular formula is C13H11Cl2N5O2. The third kappa shape index (κ3) is 3.05. The van der Waals surface area contributed by atoms with E-state index in [9.17, 15) is 4.79 Å². The number of amides is 1. The minimum atomic E-state index is -0.749. The lowest BCUT2D eigenvalue weighted by Gasteiger charge is -2.06. The van der Waals surface area contributed by atoms with Crippen LogP contribution in [-0.2, 0) is 9.63 Å². The van der Waals surface area contributed by atoms with Crippen LogP contribution in [0.3, 0.4) is 0 Å². The highest BCUT2D eigenvalue weighted by molar-refractivity contribution is 6.37. The van der Waals surface area contributed by atoms with Crippen molar-refractivity contribution in [2.24, 2.45) is 5.16 Å². The van der Waals surface area contributed by atoms with E-state index >= 15 is 0 Å². The van der Waals surface area contributed by atoms with Crippen LogP contribution in [0.2, 0.25) is 10.0 Å². The zero-order valence-electron chi connectivity index (χ0n) is 11.4. The predicted octanol–water partition coefficient (Wildman–Crippen LogP) is 2.55. The van der Waals surface area contributed by atoms with Gasteiger partial charge in [-0.05, 0) is 19.1 Å². The molecule has 2 heterocycles. The lowest BCUT2D eigenvalue weighted by molar-refractivity contribution is -0.125. The highest BCUT2D eigenvalue weighted by Crippen LogP contribution is 2.26. The van der Waals surface area contributed by atoms with Gasteiger partial charge in [-0.1, -0.05) is 34.4 Å². The maximum absolute atomic E-state index is 12.1. The zero-order chi connectivity index (χ0) is 15.7. The molecule has 0 fully saturated rings. The number of hydrogen-bond acceptors (Lipinski definition) is 5. The third-order valence-electron chi connectivity index (χ3n) is 3.04. The maximum atomic E-state index is 12.1. The molecule has 0 aliphatic carbocycles. The molecule has 2 aromatic rings. The van der Waals surface area contributed by atoms with Gasteiger partial charge in [-0.2, -0.15) is 4.98 Å². The Morgan fingerprint density at radius 3 is 2.95 bits per heavy atom. The van der Waals surface area contributed by atoms with Gasteiger partial charge in [0.25, 0.3) is 5.91 Å². The summed E-state index contributed by atoms with van der Waals surface area (Å²) in [6, 6.07) is 5.06. The molecule has 1 atom stereocenters. The van der Waals surface area contributed by atoms with Gasteiger partial charge in [0.1, 0.15) is 5.82 Å². The van der Waals surface area contributed by atoms with Gasteiger partial charge in [0.05, 0.1) is 10.7 Å². The molecule has 0 bridgehead atoms. The molecule has 22 heavy (non-hydrogen) atoms. The van der Waals surface area contributed by atoms with Crippen LogP contribution >= 0.6 is 23.2 Å².